The maximum absolute atomic E-state index is 10.9. The molecular weight excluding hydrogens is 190 g/mol. The van der Waals surface area contributed by atoms with E-state index in [0.717, 1.165) is 24.8 Å². The molecule has 3 N–H and O–H groups in total. The number of carboxylic acids is 1. The first-order chi connectivity index (χ1) is 7.20. The van der Waals surface area contributed by atoms with Crippen LogP contribution in [-0.4, -0.2) is 17.1 Å². The average molecular weight is 205 g/mol. The summed E-state index contributed by atoms with van der Waals surface area (Å²) in [6, 6.07) is 7.24. The van der Waals surface area contributed by atoms with E-state index in [-0.39, 0.29) is 5.92 Å². The highest BCUT2D eigenvalue weighted by molar-refractivity contribution is 5.74. The summed E-state index contributed by atoms with van der Waals surface area (Å²) in [5.74, 6) is -0.927. The van der Waals surface area contributed by atoms with Gasteiger partial charge >= 0.3 is 5.97 Å². The highest BCUT2D eigenvalue weighted by Crippen LogP contribution is 2.33. The quantitative estimate of drug-likeness (QED) is 0.769. The molecule has 0 heterocycles. The molecule has 0 aromatic heterocycles. The second kappa shape index (κ2) is 4.03. The summed E-state index contributed by atoms with van der Waals surface area (Å²) in [6.07, 6.45) is 2.95. The summed E-state index contributed by atoms with van der Waals surface area (Å²) >= 11 is 0. The number of rotatable bonds is 2. The predicted molar refractivity (Wildman–Crippen MR) is 57.7 cm³/mol. The van der Waals surface area contributed by atoms with Gasteiger partial charge < -0.3 is 10.8 Å². The minimum absolute atomic E-state index is 0.0209. The number of carboxylic acid groups (broad SMARTS) is 1. The molecule has 15 heavy (non-hydrogen) atoms. The third kappa shape index (κ3) is 1.88. The van der Waals surface area contributed by atoms with Crippen LogP contribution in [0.1, 0.15) is 29.9 Å². The highest BCUT2D eigenvalue weighted by atomic mass is 16.4. The van der Waals surface area contributed by atoms with Crippen LogP contribution < -0.4 is 5.73 Å². The highest BCUT2D eigenvalue weighted by Gasteiger charge is 2.29. The van der Waals surface area contributed by atoms with Crippen LogP contribution >= 0.6 is 0 Å². The van der Waals surface area contributed by atoms with Crippen LogP contribution in [0, 0.1) is 0 Å². The van der Waals surface area contributed by atoms with E-state index >= 15 is 0 Å². The van der Waals surface area contributed by atoms with Crippen molar-refractivity contribution in [1.29, 1.82) is 0 Å². The van der Waals surface area contributed by atoms with Crippen molar-refractivity contribution in [3.63, 3.8) is 0 Å². The number of aryl methyl sites for hydroxylation is 1. The fourth-order valence-corrected chi connectivity index (χ4v) is 2.34. The first-order valence-corrected chi connectivity index (χ1v) is 5.26. The van der Waals surface area contributed by atoms with Crippen molar-refractivity contribution < 1.29 is 9.90 Å². The molecule has 1 aromatic carbocycles. The van der Waals surface area contributed by atoms with Crippen molar-refractivity contribution in [2.24, 2.45) is 5.73 Å². The van der Waals surface area contributed by atoms with Gasteiger partial charge in [0.25, 0.3) is 0 Å². The molecule has 3 nitrogen and oxygen atoms in total. The van der Waals surface area contributed by atoms with Gasteiger partial charge in [0, 0.05) is 5.92 Å². The third-order valence-corrected chi connectivity index (χ3v) is 3.13. The van der Waals surface area contributed by atoms with Crippen molar-refractivity contribution in [3.8, 4) is 0 Å². The van der Waals surface area contributed by atoms with E-state index < -0.39 is 12.0 Å². The van der Waals surface area contributed by atoms with Gasteiger partial charge in [0.15, 0.2) is 0 Å². The summed E-state index contributed by atoms with van der Waals surface area (Å²) in [5.41, 5.74) is 8.09. The molecular formula is C12H15NO2. The summed E-state index contributed by atoms with van der Waals surface area (Å²) in [6.45, 7) is 0. The molecule has 0 saturated carbocycles. The van der Waals surface area contributed by atoms with Crippen molar-refractivity contribution in [1.82, 2.24) is 0 Å². The minimum Gasteiger partial charge on any atom is -0.480 e. The lowest BCUT2D eigenvalue weighted by Gasteiger charge is -2.27. The number of aliphatic carboxylic acids is 1. The van der Waals surface area contributed by atoms with Crippen LogP contribution in [-0.2, 0) is 11.2 Å². The van der Waals surface area contributed by atoms with Gasteiger partial charge in [0.1, 0.15) is 6.04 Å². The summed E-state index contributed by atoms with van der Waals surface area (Å²) in [5, 5.41) is 8.93. The molecule has 1 aliphatic rings. The lowest BCUT2D eigenvalue weighted by atomic mass is 9.79. The van der Waals surface area contributed by atoms with Crippen LogP contribution in [0.25, 0.3) is 0 Å². The minimum atomic E-state index is -0.906. The van der Waals surface area contributed by atoms with Crippen molar-refractivity contribution in [2.45, 2.75) is 31.2 Å². The van der Waals surface area contributed by atoms with Gasteiger partial charge in [-0.1, -0.05) is 24.3 Å². The molecule has 0 bridgehead atoms. The van der Waals surface area contributed by atoms with E-state index in [4.69, 9.17) is 10.8 Å². The molecule has 0 spiro atoms. The van der Waals surface area contributed by atoms with Crippen LogP contribution in [0.3, 0.4) is 0 Å². The van der Waals surface area contributed by atoms with E-state index in [1.807, 2.05) is 18.2 Å². The second-order valence-corrected chi connectivity index (χ2v) is 4.06. The number of benzene rings is 1. The average Bonchev–Trinajstić information content (AvgIpc) is 2.27. The molecule has 0 amide bonds. The normalized spacial score (nSPS) is 21.8. The lowest BCUT2D eigenvalue weighted by Crippen LogP contribution is -2.38. The first kappa shape index (κ1) is 10.2. The lowest BCUT2D eigenvalue weighted by molar-refractivity contribution is -0.139. The SMILES string of the molecule is NC(C(=O)O)C1CCCc2ccccc21. The monoisotopic (exact) mass is 205 g/mol. The van der Waals surface area contributed by atoms with Crippen molar-refractivity contribution in [2.75, 3.05) is 0 Å². The summed E-state index contributed by atoms with van der Waals surface area (Å²) in [7, 11) is 0. The van der Waals surface area contributed by atoms with Crippen molar-refractivity contribution in [3.05, 3.63) is 35.4 Å². The zero-order valence-electron chi connectivity index (χ0n) is 8.52. The van der Waals surface area contributed by atoms with Gasteiger partial charge in [-0.3, -0.25) is 4.79 Å². The Balaban J connectivity index is 2.33. The fraction of sp³-hybridized carbons (Fsp3) is 0.417. The van der Waals surface area contributed by atoms with E-state index in [1.54, 1.807) is 0 Å². The van der Waals surface area contributed by atoms with Crippen molar-refractivity contribution >= 4 is 5.97 Å². The van der Waals surface area contributed by atoms with Gasteiger partial charge in [-0.25, -0.2) is 0 Å². The molecule has 2 rings (SSSR count). The molecule has 3 heteroatoms. The molecule has 80 valence electrons. The molecule has 0 radical (unpaired) electrons. The zero-order valence-corrected chi connectivity index (χ0v) is 8.52. The van der Waals surface area contributed by atoms with E-state index in [0.29, 0.717) is 0 Å². The number of hydrogen-bond acceptors (Lipinski definition) is 2. The van der Waals surface area contributed by atoms with Crippen LogP contribution in [0.15, 0.2) is 24.3 Å². The molecule has 2 unspecified atom stereocenters. The van der Waals surface area contributed by atoms with Gasteiger partial charge in [-0.15, -0.1) is 0 Å². The Bertz CT molecular complexity index is 376. The first-order valence-electron chi connectivity index (χ1n) is 5.26. The Morgan fingerprint density at radius 1 is 1.47 bits per heavy atom. The molecule has 0 aliphatic heterocycles. The molecule has 1 aromatic rings. The number of carbonyl (C=O) groups is 1. The molecule has 2 atom stereocenters. The maximum atomic E-state index is 10.9. The Labute approximate surface area is 88.9 Å². The Kier molecular flexibility index (Phi) is 2.73. The van der Waals surface area contributed by atoms with E-state index in [2.05, 4.69) is 6.07 Å². The fourth-order valence-electron chi connectivity index (χ4n) is 2.34. The summed E-state index contributed by atoms with van der Waals surface area (Å²) < 4.78 is 0. The Hall–Kier alpha value is -1.35. The van der Waals surface area contributed by atoms with Gasteiger partial charge in [0.2, 0.25) is 0 Å². The maximum Gasteiger partial charge on any atom is 0.321 e. The number of fused-ring (bicyclic) bond motifs is 1. The summed E-state index contributed by atoms with van der Waals surface area (Å²) in [4.78, 5) is 10.9. The Morgan fingerprint density at radius 3 is 2.93 bits per heavy atom. The standard InChI is InChI=1S/C12H15NO2/c13-11(12(14)15)10-7-3-5-8-4-1-2-6-9(8)10/h1-2,4,6,10-11H,3,5,7,13H2,(H,14,15). The zero-order chi connectivity index (χ0) is 10.8. The largest absolute Gasteiger partial charge is 0.480 e. The molecule has 1 aliphatic carbocycles. The van der Waals surface area contributed by atoms with Gasteiger partial charge in [-0.05, 0) is 30.4 Å². The predicted octanol–water partition coefficient (Wildman–Crippen LogP) is 1.52. The van der Waals surface area contributed by atoms with E-state index in [9.17, 15) is 4.79 Å². The Morgan fingerprint density at radius 2 is 2.20 bits per heavy atom. The third-order valence-electron chi connectivity index (χ3n) is 3.13. The molecule has 0 fully saturated rings. The van der Waals surface area contributed by atoms with Crippen LogP contribution in [0.4, 0.5) is 0 Å². The van der Waals surface area contributed by atoms with E-state index in [1.165, 1.54) is 5.56 Å². The number of nitrogens with two attached hydrogens (primary N) is 1. The molecule has 0 saturated heterocycles. The smallest absolute Gasteiger partial charge is 0.321 e. The number of hydrogen-bond donors (Lipinski definition) is 2. The van der Waals surface area contributed by atoms with Gasteiger partial charge in [0.05, 0.1) is 0 Å². The van der Waals surface area contributed by atoms with Crippen LogP contribution in [0.5, 0.6) is 0 Å². The second-order valence-electron chi connectivity index (χ2n) is 4.06. The topological polar surface area (TPSA) is 63.3 Å². The van der Waals surface area contributed by atoms with Crippen LogP contribution in [0.2, 0.25) is 0 Å². The van der Waals surface area contributed by atoms with Gasteiger partial charge in [-0.2, -0.15) is 0 Å².